The number of hydrogen-bond acceptors (Lipinski definition) is 5. The summed E-state index contributed by atoms with van der Waals surface area (Å²) in [6.45, 7) is 1.21. The number of carboxylic acids is 1. The monoisotopic (exact) mass is 251 g/mol. The maximum Gasteiger partial charge on any atom is 0.336 e. The molecule has 1 aliphatic heterocycles. The van der Waals surface area contributed by atoms with Crippen LogP contribution in [0.15, 0.2) is 24.3 Å². The molecule has 0 aromatic heterocycles. The average Bonchev–Trinajstić information content (AvgIpc) is 2.60. The highest BCUT2D eigenvalue weighted by Crippen LogP contribution is 2.22. The second kappa shape index (κ2) is 4.55. The van der Waals surface area contributed by atoms with Crippen LogP contribution in [0.25, 0.3) is 0 Å². The van der Waals surface area contributed by atoms with E-state index in [1.165, 1.54) is 19.1 Å². The quantitative estimate of drug-likeness (QED) is 0.479. The van der Waals surface area contributed by atoms with Crippen molar-refractivity contribution in [3.63, 3.8) is 0 Å². The average molecular weight is 251 g/mol. The van der Waals surface area contributed by atoms with Gasteiger partial charge in [0.15, 0.2) is 6.10 Å². The van der Waals surface area contributed by atoms with Crippen molar-refractivity contribution in [2.45, 2.75) is 13.0 Å². The van der Waals surface area contributed by atoms with Gasteiger partial charge in [-0.25, -0.2) is 4.79 Å². The summed E-state index contributed by atoms with van der Waals surface area (Å²) in [4.78, 5) is 42.9. The Balaban J connectivity index is 2.12. The molecule has 7 nitrogen and oxygen atoms in total. The van der Waals surface area contributed by atoms with Gasteiger partial charge in [-0.05, 0) is 19.1 Å². The molecule has 1 aromatic carbocycles. The second-order valence-corrected chi connectivity index (χ2v) is 3.60. The summed E-state index contributed by atoms with van der Waals surface area (Å²) < 4.78 is 0. The number of carboxylic acid groups (broad SMARTS) is 1. The fraction of sp³-hybridized carbons (Fsp3) is 0.182. The van der Waals surface area contributed by atoms with Crippen LogP contribution in [0.3, 0.4) is 0 Å². The SMILES string of the molecule is CC(OON1C(=O)c2ccccc2C1=O)C(=O)O. The molecular weight excluding hydrogens is 242 g/mol. The molecule has 0 spiro atoms. The van der Waals surface area contributed by atoms with Gasteiger partial charge < -0.3 is 5.11 Å². The van der Waals surface area contributed by atoms with Gasteiger partial charge in [-0.1, -0.05) is 17.1 Å². The van der Waals surface area contributed by atoms with Crippen LogP contribution >= 0.6 is 0 Å². The second-order valence-electron chi connectivity index (χ2n) is 3.60. The molecule has 2 rings (SSSR count). The zero-order valence-electron chi connectivity index (χ0n) is 9.32. The van der Waals surface area contributed by atoms with Gasteiger partial charge in [0.05, 0.1) is 11.1 Å². The van der Waals surface area contributed by atoms with Gasteiger partial charge in [0.25, 0.3) is 11.8 Å². The van der Waals surface area contributed by atoms with Gasteiger partial charge in [-0.3, -0.25) is 9.59 Å². The Kier molecular flexibility index (Phi) is 3.09. The lowest BCUT2D eigenvalue weighted by Crippen LogP contribution is -2.33. The predicted octanol–water partition coefficient (Wildman–Crippen LogP) is 0.619. The minimum atomic E-state index is -1.30. The molecule has 0 fully saturated rings. The summed E-state index contributed by atoms with van der Waals surface area (Å²) in [6, 6.07) is 6.15. The van der Waals surface area contributed by atoms with E-state index in [9.17, 15) is 14.4 Å². The molecule has 1 aliphatic rings. The van der Waals surface area contributed by atoms with E-state index in [-0.39, 0.29) is 11.1 Å². The third kappa shape index (κ3) is 1.96. The minimum Gasteiger partial charge on any atom is -0.479 e. The van der Waals surface area contributed by atoms with Gasteiger partial charge >= 0.3 is 5.97 Å². The molecule has 2 amide bonds. The van der Waals surface area contributed by atoms with E-state index >= 15 is 0 Å². The van der Waals surface area contributed by atoms with Crippen LogP contribution in [0.1, 0.15) is 27.6 Å². The minimum absolute atomic E-state index is 0.189. The number of hydrogen-bond donors (Lipinski definition) is 1. The Bertz CT molecular complexity index is 491. The molecule has 1 aromatic rings. The molecule has 7 heteroatoms. The van der Waals surface area contributed by atoms with Crippen molar-refractivity contribution in [3.8, 4) is 0 Å². The summed E-state index contributed by atoms with van der Waals surface area (Å²) in [6.07, 6.45) is -1.30. The molecule has 1 unspecified atom stereocenters. The standard InChI is InChI=1S/C11H9NO6/c1-6(11(15)16)17-18-12-9(13)7-4-2-3-5-8(7)10(12)14/h2-6H,1H3,(H,15,16). The zero-order valence-corrected chi connectivity index (χ0v) is 9.32. The van der Waals surface area contributed by atoms with E-state index < -0.39 is 23.9 Å². The molecular formula is C11H9NO6. The van der Waals surface area contributed by atoms with E-state index in [1.807, 2.05) is 0 Å². The largest absolute Gasteiger partial charge is 0.479 e. The fourth-order valence-corrected chi connectivity index (χ4v) is 1.38. The Morgan fingerprint density at radius 2 is 1.72 bits per heavy atom. The van der Waals surface area contributed by atoms with Crippen LogP contribution < -0.4 is 0 Å². The highest BCUT2D eigenvalue weighted by Gasteiger charge is 2.38. The van der Waals surface area contributed by atoms with Crippen molar-refractivity contribution < 1.29 is 29.4 Å². The molecule has 0 aliphatic carbocycles. The number of aliphatic carboxylic acids is 1. The van der Waals surface area contributed by atoms with Crippen LogP contribution in [-0.4, -0.2) is 34.1 Å². The lowest BCUT2D eigenvalue weighted by molar-refractivity contribution is -0.399. The van der Waals surface area contributed by atoms with Crippen molar-refractivity contribution in [2.24, 2.45) is 0 Å². The van der Waals surface area contributed by atoms with E-state index in [2.05, 4.69) is 9.88 Å². The van der Waals surface area contributed by atoms with Crippen molar-refractivity contribution in [2.75, 3.05) is 0 Å². The number of carbonyl (C=O) groups excluding carboxylic acids is 2. The van der Waals surface area contributed by atoms with Gasteiger partial charge in [-0.2, -0.15) is 4.89 Å². The van der Waals surface area contributed by atoms with E-state index in [0.717, 1.165) is 0 Å². The van der Waals surface area contributed by atoms with E-state index in [0.29, 0.717) is 5.06 Å². The number of carbonyl (C=O) groups is 3. The maximum absolute atomic E-state index is 11.7. The molecule has 1 atom stereocenters. The summed E-state index contributed by atoms with van der Waals surface area (Å²) in [5.74, 6) is -2.65. The van der Waals surface area contributed by atoms with E-state index in [1.54, 1.807) is 12.1 Å². The summed E-state index contributed by atoms with van der Waals surface area (Å²) in [5, 5.41) is 8.96. The van der Waals surface area contributed by atoms with Gasteiger partial charge in [-0.15, -0.1) is 5.06 Å². The summed E-state index contributed by atoms with van der Waals surface area (Å²) >= 11 is 0. The fourth-order valence-electron chi connectivity index (χ4n) is 1.38. The number of fused-ring (bicyclic) bond motifs is 1. The highest BCUT2D eigenvalue weighted by molar-refractivity contribution is 6.20. The van der Waals surface area contributed by atoms with Crippen molar-refractivity contribution in [1.82, 2.24) is 5.06 Å². The van der Waals surface area contributed by atoms with Crippen LogP contribution in [-0.2, 0) is 14.7 Å². The first kappa shape index (κ1) is 12.2. The Hall–Kier alpha value is -2.25. The molecule has 1 heterocycles. The predicted molar refractivity (Wildman–Crippen MR) is 56.2 cm³/mol. The molecule has 94 valence electrons. The van der Waals surface area contributed by atoms with Crippen LogP contribution in [0.4, 0.5) is 0 Å². The Labute approximate surface area is 101 Å². The van der Waals surface area contributed by atoms with Gasteiger partial charge in [0.1, 0.15) is 0 Å². The maximum atomic E-state index is 11.7. The number of imide groups is 1. The lowest BCUT2D eigenvalue weighted by atomic mass is 10.1. The topological polar surface area (TPSA) is 93.1 Å². The normalized spacial score (nSPS) is 15.7. The molecule has 18 heavy (non-hydrogen) atoms. The van der Waals surface area contributed by atoms with Crippen molar-refractivity contribution in [1.29, 1.82) is 0 Å². The number of hydroxylamine groups is 2. The Morgan fingerprint density at radius 3 is 2.17 bits per heavy atom. The zero-order chi connectivity index (χ0) is 13.3. The van der Waals surface area contributed by atoms with Crippen molar-refractivity contribution >= 4 is 17.8 Å². The molecule has 1 N–H and O–H groups in total. The van der Waals surface area contributed by atoms with Gasteiger partial charge in [0.2, 0.25) is 0 Å². The Morgan fingerprint density at radius 1 is 1.22 bits per heavy atom. The lowest BCUT2D eigenvalue weighted by Gasteiger charge is -2.13. The molecule has 0 bridgehead atoms. The molecule has 0 saturated carbocycles. The smallest absolute Gasteiger partial charge is 0.336 e. The van der Waals surface area contributed by atoms with Crippen LogP contribution in [0.5, 0.6) is 0 Å². The number of rotatable bonds is 4. The molecule has 0 radical (unpaired) electrons. The third-order valence-corrected chi connectivity index (χ3v) is 2.37. The first-order chi connectivity index (χ1) is 8.52. The van der Waals surface area contributed by atoms with Crippen LogP contribution in [0, 0.1) is 0 Å². The number of benzene rings is 1. The number of amides is 2. The third-order valence-electron chi connectivity index (χ3n) is 2.37. The summed E-state index contributed by atoms with van der Waals surface area (Å²) in [5.41, 5.74) is 0.378. The first-order valence-electron chi connectivity index (χ1n) is 5.06. The summed E-state index contributed by atoms with van der Waals surface area (Å²) in [7, 11) is 0. The van der Waals surface area contributed by atoms with E-state index in [4.69, 9.17) is 5.11 Å². The van der Waals surface area contributed by atoms with Crippen molar-refractivity contribution in [3.05, 3.63) is 35.4 Å². The molecule has 0 saturated heterocycles. The number of nitrogens with zero attached hydrogens (tertiary/aromatic N) is 1. The van der Waals surface area contributed by atoms with Gasteiger partial charge in [0, 0.05) is 0 Å². The van der Waals surface area contributed by atoms with Crippen LogP contribution in [0.2, 0.25) is 0 Å². The first-order valence-corrected chi connectivity index (χ1v) is 5.06. The highest BCUT2D eigenvalue weighted by atomic mass is 17.3.